The van der Waals surface area contributed by atoms with Crippen molar-refractivity contribution in [3.63, 3.8) is 0 Å². The van der Waals surface area contributed by atoms with Gasteiger partial charge in [-0.25, -0.2) is 14.3 Å². The molecule has 1 aromatic heterocycles. The van der Waals surface area contributed by atoms with Gasteiger partial charge in [0.25, 0.3) is 0 Å². The number of hydrogen-bond acceptors (Lipinski definition) is 5. The SMILES string of the molecule is CCOC(=O)c1nn(-c2cccc(Cl)c2)c(-c2ccc(Cl)cc2)c1C(=O)OCC. The Kier molecular flexibility index (Phi) is 6.56. The molecule has 150 valence electrons. The lowest BCUT2D eigenvalue weighted by Gasteiger charge is -2.10. The van der Waals surface area contributed by atoms with Crippen LogP contribution < -0.4 is 0 Å². The average molecular weight is 433 g/mol. The van der Waals surface area contributed by atoms with Crippen LogP contribution >= 0.6 is 23.2 Å². The molecule has 0 N–H and O–H groups in total. The quantitative estimate of drug-likeness (QED) is 0.500. The number of benzene rings is 2. The Labute approximate surface area is 177 Å². The molecule has 0 saturated heterocycles. The number of esters is 2. The van der Waals surface area contributed by atoms with Gasteiger partial charge in [-0.3, -0.25) is 0 Å². The lowest BCUT2D eigenvalue weighted by Crippen LogP contribution is -2.13. The average Bonchev–Trinajstić information content (AvgIpc) is 3.10. The topological polar surface area (TPSA) is 70.4 Å². The van der Waals surface area contributed by atoms with Gasteiger partial charge < -0.3 is 9.47 Å². The summed E-state index contributed by atoms with van der Waals surface area (Å²) in [4.78, 5) is 25.4. The first-order valence-corrected chi connectivity index (χ1v) is 9.71. The van der Waals surface area contributed by atoms with Crippen LogP contribution in [0.5, 0.6) is 0 Å². The minimum atomic E-state index is -0.716. The molecule has 3 aromatic rings. The molecule has 0 bridgehead atoms. The third-order valence-corrected chi connectivity index (χ3v) is 4.49. The van der Waals surface area contributed by atoms with Crippen LogP contribution in [0.3, 0.4) is 0 Å². The van der Waals surface area contributed by atoms with Crippen LogP contribution in [-0.2, 0) is 9.47 Å². The highest BCUT2D eigenvalue weighted by Gasteiger charge is 2.31. The standard InChI is InChI=1S/C21H18Cl2N2O4/c1-3-28-20(26)17-18(21(27)29-4-2)24-25(16-7-5-6-15(23)12-16)19(17)13-8-10-14(22)11-9-13/h5-12H,3-4H2,1-2H3. The molecular weight excluding hydrogens is 415 g/mol. The van der Waals surface area contributed by atoms with Gasteiger partial charge in [-0.15, -0.1) is 0 Å². The maximum Gasteiger partial charge on any atom is 0.359 e. The Balaban J connectivity index is 2.34. The van der Waals surface area contributed by atoms with Gasteiger partial charge in [-0.05, 0) is 44.2 Å². The van der Waals surface area contributed by atoms with Gasteiger partial charge >= 0.3 is 11.9 Å². The molecule has 2 aromatic carbocycles. The number of carbonyl (C=O) groups is 2. The molecule has 0 aliphatic heterocycles. The molecule has 0 amide bonds. The summed E-state index contributed by atoms with van der Waals surface area (Å²) in [5.74, 6) is -1.39. The lowest BCUT2D eigenvalue weighted by molar-refractivity contribution is 0.0476. The van der Waals surface area contributed by atoms with Gasteiger partial charge in [-0.2, -0.15) is 5.10 Å². The highest BCUT2D eigenvalue weighted by Crippen LogP contribution is 2.32. The fraction of sp³-hybridized carbons (Fsp3) is 0.190. The number of nitrogens with zero attached hydrogens (tertiary/aromatic N) is 2. The van der Waals surface area contributed by atoms with Crippen LogP contribution in [0.15, 0.2) is 48.5 Å². The smallest absolute Gasteiger partial charge is 0.359 e. The van der Waals surface area contributed by atoms with Crippen molar-refractivity contribution in [1.29, 1.82) is 0 Å². The van der Waals surface area contributed by atoms with Crippen LogP contribution in [0, 0.1) is 0 Å². The normalized spacial score (nSPS) is 10.6. The molecule has 0 atom stereocenters. The van der Waals surface area contributed by atoms with E-state index in [2.05, 4.69) is 5.10 Å². The highest BCUT2D eigenvalue weighted by atomic mass is 35.5. The summed E-state index contributed by atoms with van der Waals surface area (Å²) in [6, 6.07) is 13.8. The molecule has 0 fully saturated rings. The van der Waals surface area contributed by atoms with E-state index in [1.807, 2.05) is 0 Å². The molecule has 0 unspecified atom stereocenters. The maximum atomic E-state index is 12.8. The number of carbonyl (C=O) groups excluding carboxylic acids is 2. The number of ether oxygens (including phenoxy) is 2. The van der Waals surface area contributed by atoms with Crippen molar-refractivity contribution in [2.45, 2.75) is 13.8 Å². The molecule has 0 radical (unpaired) electrons. The van der Waals surface area contributed by atoms with E-state index in [1.54, 1.807) is 62.4 Å². The summed E-state index contributed by atoms with van der Waals surface area (Å²) >= 11 is 12.2. The predicted molar refractivity (Wildman–Crippen MR) is 111 cm³/mol. The summed E-state index contributed by atoms with van der Waals surface area (Å²) in [5.41, 5.74) is 1.47. The fourth-order valence-electron chi connectivity index (χ4n) is 2.83. The van der Waals surface area contributed by atoms with E-state index >= 15 is 0 Å². The predicted octanol–water partition coefficient (Wildman–Crippen LogP) is 5.20. The molecule has 0 aliphatic rings. The summed E-state index contributed by atoms with van der Waals surface area (Å²) in [5, 5.41) is 5.41. The number of halogens is 2. The summed E-state index contributed by atoms with van der Waals surface area (Å²) in [6.45, 7) is 3.65. The molecular formula is C21H18Cl2N2O4. The van der Waals surface area contributed by atoms with Gasteiger partial charge in [0.2, 0.25) is 0 Å². The van der Waals surface area contributed by atoms with Crippen molar-refractivity contribution in [2.75, 3.05) is 13.2 Å². The number of hydrogen-bond donors (Lipinski definition) is 0. The number of rotatable bonds is 6. The van der Waals surface area contributed by atoms with Gasteiger partial charge in [0.1, 0.15) is 5.56 Å². The Bertz CT molecular complexity index is 1050. The lowest BCUT2D eigenvalue weighted by atomic mass is 10.1. The first-order chi connectivity index (χ1) is 14.0. The van der Waals surface area contributed by atoms with Crippen LogP contribution in [-0.4, -0.2) is 34.9 Å². The van der Waals surface area contributed by atoms with Gasteiger partial charge in [0.15, 0.2) is 5.69 Å². The maximum absolute atomic E-state index is 12.8. The van der Waals surface area contributed by atoms with Crippen molar-refractivity contribution < 1.29 is 19.1 Å². The Hall–Kier alpha value is -2.83. The van der Waals surface area contributed by atoms with Gasteiger partial charge in [0.05, 0.1) is 24.6 Å². The largest absolute Gasteiger partial charge is 0.462 e. The molecule has 29 heavy (non-hydrogen) atoms. The van der Waals surface area contributed by atoms with Crippen molar-refractivity contribution in [1.82, 2.24) is 9.78 Å². The fourth-order valence-corrected chi connectivity index (χ4v) is 3.14. The summed E-state index contributed by atoms with van der Waals surface area (Å²) < 4.78 is 11.8. The first kappa shape index (κ1) is 20.9. The minimum absolute atomic E-state index is 0.0209. The van der Waals surface area contributed by atoms with Crippen molar-refractivity contribution in [3.05, 3.63) is 69.8 Å². The van der Waals surface area contributed by atoms with Crippen LogP contribution in [0.4, 0.5) is 0 Å². The molecule has 6 nitrogen and oxygen atoms in total. The second-order valence-corrected chi connectivity index (χ2v) is 6.78. The zero-order valence-corrected chi connectivity index (χ0v) is 17.3. The zero-order chi connectivity index (χ0) is 21.0. The van der Waals surface area contributed by atoms with E-state index in [0.29, 0.717) is 27.0 Å². The van der Waals surface area contributed by atoms with Crippen LogP contribution in [0.25, 0.3) is 16.9 Å². The molecule has 0 spiro atoms. The highest BCUT2D eigenvalue weighted by molar-refractivity contribution is 6.31. The summed E-state index contributed by atoms with van der Waals surface area (Å²) in [6.07, 6.45) is 0. The Morgan fingerprint density at radius 2 is 1.59 bits per heavy atom. The van der Waals surface area contributed by atoms with Crippen LogP contribution in [0.2, 0.25) is 10.0 Å². The van der Waals surface area contributed by atoms with E-state index < -0.39 is 11.9 Å². The second-order valence-electron chi connectivity index (χ2n) is 5.91. The Morgan fingerprint density at radius 1 is 0.931 bits per heavy atom. The molecule has 0 aliphatic carbocycles. The third-order valence-electron chi connectivity index (χ3n) is 4.00. The van der Waals surface area contributed by atoms with Crippen molar-refractivity contribution >= 4 is 35.1 Å². The zero-order valence-electron chi connectivity index (χ0n) is 15.8. The van der Waals surface area contributed by atoms with E-state index in [0.717, 1.165) is 0 Å². The Morgan fingerprint density at radius 3 is 2.21 bits per heavy atom. The third kappa shape index (κ3) is 4.44. The van der Waals surface area contributed by atoms with Crippen LogP contribution in [0.1, 0.15) is 34.7 Å². The summed E-state index contributed by atoms with van der Waals surface area (Å²) in [7, 11) is 0. The van der Waals surface area contributed by atoms with E-state index in [1.165, 1.54) is 4.68 Å². The van der Waals surface area contributed by atoms with E-state index in [-0.39, 0.29) is 24.5 Å². The van der Waals surface area contributed by atoms with Gasteiger partial charge in [-0.1, -0.05) is 41.4 Å². The van der Waals surface area contributed by atoms with E-state index in [4.69, 9.17) is 32.7 Å². The van der Waals surface area contributed by atoms with Gasteiger partial charge in [0, 0.05) is 15.6 Å². The first-order valence-electron chi connectivity index (χ1n) is 8.95. The molecule has 3 rings (SSSR count). The van der Waals surface area contributed by atoms with Crippen molar-refractivity contribution in [2.24, 2.45) is 0 Å². The molecule has 0 saturated carbocycles. The number of aromatic nitrogens is 2. The van der Waals surface area contributed by atoms with E-state index in [9.17, 15) is 9.59 Å². The molecule has 1 heterocycles. The monoisotopic (exact) mass is 432 g/mol. The molecule has 8 heteroatoms. The second kappa shape index (κ2) is 9.11. The minimum Gasteiger partial charge on any atom is -0.462 e. The van der Waals surface area contributed by atoms with Crippen molar-refractivity contribution in [3.8, 4) is 16.9 Å².